The molecule has 112 valence electrons. The van der Waals surface area contributed by atoms with Crippen molar-refractivity contribution in [3.05, 3.63) is 71.3 Å². The maximum atomic E-state index is 5.85. The van der Waals surface area contributed by atoms with Crippen LogP contribution in [0.4, 0.5) is 0 Å². The molecule has 0 saturated carbocycles. The first-order valence-corrected chi connectivity index (χ1v) is 7.67. The molecule has 0 heterocycles. The Labute approximate surface area is 128 Å². The van der Waals surface area contributed by atoms with Crippen molar-refractivity contribution >= 4 is 0 Å². The maximum absolute atomic E-state index is 5.85. The molecule has 0 aromatic heterocycles. The van der Waals surface area contributed by atoms with Gasteiger partial charge >= 0.3 is 0 Å². The lowest BCUT2D eigenvalue weighted by Crippen LogP contribution is -2.49. The van der Waals surface area contributed by atoms with E-state index in [2.05, 4.69) is 74.7 Å². The second-order valence-electron chi connectivity index (χ2n) is 6.18. The number of nitrogens with two attached hydrogens (primary N) is 1. The van der Waals surface area contributed by atoms with E-state index in [0.717, 1.165) is 12.8 Å². The number of aryl methyl sites for hydroxylation is 1. The zero-order valence-electron chi connectivity index (χ0n) is 13.3. The third-order valence-electron chi connectivity index (χ3n) is 4.46. The van der Waals surface area contributed by atoms with Gasteiger partial charge in [-0.1, -0.05) is 75.4 Å². The van der Waals surface area contributed by atoms with Crippen molar-refractivity contribution in [2.24, 2.45) is 5.84 Å². The summed E-state index contributed by atoms with van der Waals surface area (Å²) in [7, 11) is 0. The van der Waals surface area contributed by atoms with Gasteiger partial charge in [-0.25, -0.2) is 0 Å². The lowest BCUT2D eigenvalue weighted by molar-refractivity contribution is 0.341. The van der Waals surface area contributed by atoms with Gasteiger partial charge in [0, 0.05) is 11.5 Å². The molecule has 0 bridgehead atoms. The van der Waals surface area contributed by atoms with Gasteiger partial charge in [0.05, 0.1) is 0 Å². The molecular weight excluding hydrogens is 256 g/mol. The van der Waals surface area contributed by atoms with Gasteiger partial charge in [0.1, 0.15) is 0 Å². The number of rotatable bonds is 6. The number of hydrogen-bond acceptors (Lipinski definition) is 2. The molecule has 2 rings (SSSR count). The van der Waals surface area contributed by atoms with Gasteiger partial charge in [0.15, 0.2) is 0 Å². The molecule has 0 spiro atoms. The standard InChI is InChI=1S/C19H26N2/c1-4-15-10-12-16(13-11-15)14-18(21-20)19(2,3)17-8-6-5-7-9-17/h5-13,18,21H,4,14,20H2,1-3H3. The SMILES string of the molecule is CCc1ccc(CC(NN)C(C)(C)c2ccccc2)cc1. The number of hydrogen-bond donors (Lipinski definition) is 2. The highest BCUT2D eigenvalue weighted by atomic mass is 15.2. The van der Waals surface area contributed by atoms with E-state index >= 15 is 0 Å². The fourth-order valence-corrected chi connectivity index (χ4v) is 2.74. The molecule has 3 N–H and O–H groups in total. The lowest BCUT2D eigenvalue weighted by atomic mass is 9.75. The summed E-state index contributed by atoms with van der Waals surface area (Å²) in [6.45, 7) is 6.66. The van der Waals surface area contributed by atoms with E-state index in [4.69, 9.17) is 5.84 Å². The molecule has 0 aliphatic heterocycles. The van der Waals surface area contributed by atoms with E-state index in [1.165, 1.54) is 16.7 Å². The van der Waals surface area contributed by atoms with Crippen molar-refractivity contribution in [3.8, 4) is 0 Å². The molecule has 1 atom stereocenters. The van der Waals surface area contributed by atoms with Crippen molar-refractivity contribution in [3.63, 3.8) is 0 Å². The molecular formula is C19H26N2. The third-order valence-corrected chi connectivity index (χ3v) is 4.46. The maximum Gasteiger partial charge on any atom is 0.0342 e. The summed E-state index contributed by atoms with van der Waals surface area (Å²) >= 11 is 0. The van der Waals surface area contributed by atoms with Gasteiger partial charge in [-0.2, -0.15) is 0 Å². The predicted octanol–water partition coefficient (Wildman–Crippen LogP) is 3.60. The summed E-state index contributed by atoms with van der Waals surface area (Å²) in [4.78, 5) is 0. The van der Waals surface area contributed by atoms with Crippen LogP contribution in [0.2, 0.25) is 0 Å². The highest BCUT2D eigenvalue weighted by Crippen LogP contribution is 2.28. The largest absolute Gasteiger partial charge is 0.271 e. The summed E-state index contributed by atoms with van der Waals surface area (Å²) < 4.78 is 0. The molecule has 0 radical (unpaired) electrons. The van der Waals surface area contributed by atoms with Crippen LogP contribution in [0, 0.1) is 0 Å². The van der Waals surface area contributed by atoms with Crippen molar-refractivity contribution in [2.75, 3.05) is 0 Å². The molecule has 21 heavy (non-hydrogen) atoms. The zero-order chi connectivity index (χ0) is 15.3. The Kier molecular flexibility index (Phi) is 5.16. The highest BCUT2D eigenvalue weighted by molar-refractivity contribution is 5.29. The molecule has 2 nitrogen and oxygen atoms in total. The quantitative estimate of drug-likeness (QED) is 0.627. The Bertz CT molecular complexity index is 544. The van der Waals surface area contributed by atoms with Crippen molar-refractivity contribution in [2.45, 2.75) is 45.1 Å². The minimum absolute atomic E-state index is 0.0283. The molecule has 2 aromatic carbocycles. The number of hydrazine groups is 1. The van der Waals surface area contributed by atoms with Crippen LogP contribution < -0.4 is 11.3 Å². The molecule has 1 unspecified atom stereocenters. The van der Waals surface area contributed by atoms with Crippen LogP contribution in [0.1, 0.15) is 37.5 Å². The van der Waals surface area contributed by atoms with Crippen LogP contribution >= 0.6 is 0 Å². The van der Waals surface area contributed by atoms with Crippen LogP contribution in [0.5, 0.6) is 0 Å². The first-order chi connectivity index (χ1) is 10.1. The number of benzene rings is 2. The Morgan fingerprint density at radius 1 is 0.952 bits per heavy atom. The van der Waals surface area contributed by atoms with Crippen molar-refractivity contribution in [1.82, 2.24) is 5.43 Å². The molecule has 0 aliphatic rings. The summed E-state index contributed by atoms with van der Waals surface area (Å²) in [5.41, 5.74) is 6.99. The predicted molar refractivity (Wildman–Crippen MR) is 90.1 cm³/mol. The molecule has 0 aliphatic carbocycles. The van der Waals surface area contributed by atoms with Gasteiger partial charge in [-0.15, -0.1) is 0 Å². The fraction of sp³-hybridized carbons (Fsp3) is 0.368. The van der Waals surface area contributed by atoms with Crippen LogP contribution in [-0.4, -0.2) is 6.04 Å². The molecule has 0 amide bonds. The first kappa shape index (κ1) is 15.7. The summed E-state index contributed by atoms with van der Waals surface area (Å²) in [5.74, 6) is 5.85. The van der Waals surface area contributed by atoms with E-state index in [-0.39, 0.29) is 11.5 Å². The molecule has 0 fully saturated rings. The van der Waals surface area contributed by atoms with Crippen molar-refractivity contribution in [1.29, 1.82) is 0 Å². The van der Waals surface area contributed by atoms with Crippen molar-refractivity contribution < 1.29 is 0 Å². The fourth-order valence-electron chi connectivity index (χ4n) is 2.74. The van der Waals surface area contributed by atoms with E-state index in [9.17, 15) is 0 Å². The lowest BCUT2D eigenvalue weighted by Gasteiger charge is -2.34. The minimum Gasteiger partial charge on any atom is -0.271 e. The van der Waals surface area contributed by atoms with Crippen LogP contribution in [0.3, 0.4) is 0 Å². The van der Waals surface area contributed by atoms with Gasteiger partial charge < -0.3 is 0 Å². The average molecular weight is 282 g/mol. The Morgan fingerprint density at radius 3 is 2.05 bits per heavy atom. The van der Waals surface area contributed by atoms with Crippen LogP contribution in [0.25, 0.3) is 0 Å². The second kappa shape index (κ2) is 6.88. The summed E-state index contributed by atoms with van der Waals surface area (Å²) in [6, 6.07) is 19.6. The third kappa shape index (κ3) is 3.72. The summed E-state index contributed by atoms with van der Waals surface area (Å²) in [6.07, 6.45) is 2.00. The normalized spacial score (nSPS) is 13.1. The van der Waals surface area contributed by atoms with Crippen LogP contribution in [-0.2, 0) is 18.3 Å². The monoisotopic (exact) mass is 282 g/mol. The Balaban J connectivity index is 2.18. The highest BCUT2D eigenvalue weighted by Gasteiger charge is 2.30. The Morgan fingerprint density at radius 2 is 1.52 bits per heavy atom. The average Bonchev–Trinajstić information content (AvgIpc) is 2.53. The van der Waals surface area contributed by atoms with E-state index in [1.54, 1.807) is 0 Å². The Hall–Kier alpha value is -1.64. The van der Waals surface area contributed by atoms with Crippen LogP contribution in [0.15, 0.2) is 54.6 Å². The van der Waals surface area contributed by atoms with Gasteiger partial charge in [-0.3, -0.25) is 11.3 Å². The van der Waals surface area contributed by atoms with E-state index in [0.29, 0.717) is 0 Å². The molecule has 2 heteroatoms. The summed E-state index contributed by atoms with van der Waals surface area (Å²) in [5, 5.41) is 0. The van der Waals surface area contributed by atoms with Gasteiger partial charge in [0.25, 0.3) is 0 Å². The smallest absolute Gasteiger partial charge is 0.0342 e. The topological polar surface area (TPSA) is 38.0 Å². The van der Waals surface area contributed by atoms with Gasteiger partial charge in [0.2, 0.25) is 0 Å². The molecule has 2 aromatic rings. The minimum atomic E-state index is -0.0283. The molecule has 0 saturated heterocycles. The van der Waals surface area contributed by atoms with E-state index < -0.39 is 0 Å². The second-order valence-corrected chi connectivity index (χ2v) is 6.18. The first-order valence-electron chi connectivity index (χ1n) is 7.67. The number of nitrogens with one attached hydrogen (secondary N) is 1. The van der Waals surface area contributed by atoms with Gasteiger partial charge in [-0.05, 0) is 29.5 Å². The van der Waals surface area contributed by atoms with E-state index in [1.807, 2.05) is 6.07 Å². The zero-order valence-corrected chi connectivity index (χ0v) is 13.3.